The Morgan fingerprint density at radius 2 is 1.21 bits per heavy atom. The third kappa shape index (κ3) is 3.37. The van der Waals surface area contributed by atoms with Crippen molar-refractivity contribution in [2.45, 2.75) is 109 Å². The van der Waals surface area contributed by atoms with Crippen molar-refractivity contribution < 1.29 is 5.11 Å². The Balaban J connectivity index is 2.08. The normalized spacial score (nSPS) is 23.1. The number of rotatable bonds is 4. The first kappa shape index (κ1) is 17.8. The molecule has 1 aromatic carbocycles. The molecule has 3 rings (SSSR count). The molecule has 0 heterocycles. The third-order valence-electron chi connectivity index (χ3n) is 6.92. The standard InChI is InChI=1S/C23H36O/c1-4-11-18-16-19(22(2)12-7-5-8-13-22)21(24)20(17-18)23(3)14-9-6-10-15-23/h16-17,24H,4-15H2,1-3H3. The lowest BCUT2D eigenvalue weighted by molar-refractivity contribution is 0.290. The molecule has 1 heteroatoms. The Bertz CT molecular complexity index is 514. The highest BCUT2D eigenvalue weighted by atomic mass is 16.3. The maximum Gasteiger partial charge on any atom is 0.123 e. The van der Waals surface area contributed by atoms with Crippen LogP contribution in [0.15, 0.2) is 12.1 Å². The molecule has 0 saturated heterocycles. The zero-order valence-corrected chi connectivity index (χ0v) is 16.1. The van der Waals surface area contributed by atoms with E-state index in [1.807, 2.05) is 0 Å². The second kappa shape index (κ2) is 7.10. The second-order valence-electron chi connectivity index (χ2n) is 9.03. The predicted molar refractivity (Wildman–Crippen MR) is 103 cm³/mol. The molecule has 2 saturated carbocycles. The van der Waals surface area contributed by atoms with E-state index >= 15 is 0 Å². The average Bonchev–Trinajstić information content (AvgIpc) is 2.57. The van der Waals surface area contributed by atoms with E-state index in [9.17, 15) is 5.11 Å². The molecule has 134 valence electrons. The first-order chi connectivity index (χ1) is 11.5. The highest BCUT2D eigenvalue weighted by Crippen LogP contribution is 2.49. The number of phenolic OH excluding ortho intramolecular Hbond substituents is 1. The number of hydrogen-bond acceptors (Lipinski definition) is 1. The zero-order chi connectivity index (χ0) is 17.2. The second-order valence-corrected chi connectivity index (χ2v) is 9.03. The summed E-state index contributed by atoms with van der Waals surface area (Å²) in [6, 6.07) is 4.69. The third-order valence-corrected chi connectivity index (χ3v) is 6.92. The lowest BCUT2D eigenvalue weighted by atomic mass is 9.66. The summed E-state index contributed by atoms with van der Waals surface area (Å²) in [5.74, 6) is 0.642. The zero-order valence-electron chi connectivity index (χ0n) is 16.1. The van der Waals surface area contributed by atoms with Gasteiger partial charge in [0.1, 0.15) is 5.75 Å². The van der Waals surface area contributed by atoms with Gasteiger partial charge in [-0.1, -0.05) is 77.8 Å². The van der Waals surface area contributed by atoms with Crippen LogP contribution >= 0.6 is 0 Å². The summed E-state index contributed by atoms with van der Waals surface area (Å²) in [5.41, 5.74) is 4.31. The minimum Gasteiger partial charge on any atom is -0.507 e. The fourth-order valence-corrected chi connectivity index (χ4v) is 5.25. The summed E-state index contributed by atoms with van der Waals surface area (Å²) < 4.78 is 0. The van der Waals surface area contributed by atoms with Gasteiger partial charge in [-0.15, -0.1) is 0 Å². The van der Waals surface area contributed by atoms with Gasteiger partial charge in [-0.3, -0.25) is 0 Å². The van der Waals surface area contributed by atoms with Crippen LogP contribution in [0.2, 0.25) is 0 Å². The van der Waals surface area contributed by atoms with E-state index in [2.05, 4.69) is 32.9 Å². The molecule has 0 aromatic heterocycles. The summed E-state index contributed by atoms with van der Waals surface area (Å²) in [5, 5.41) is 11.3. The molecule has 0 atom stereocenters. The van der Waals surface area contributed by atoms with Crippen molar-refractivity contribution in [2.75, 3.05) is 0 Å². The van der Waals surface area contributed by atoms with E-state index in [0.717, 1.165) is 6.42 Å². The summed E-state index contributed by atoms with van der Waals surface area (Å²) >= 11 is 0. The Morgan fingerprint density at radius 1 is 0.792 bits per heavy atom. The molecule has 0 aliphatic heterocycles. The summed E-state index contributed by atoms with van der Waals surface area (Å²) in [7, 11) is 0. The summed E-state index contributed by atoms with van der Waals surface area (Å²) in [6.45, 7) is 7.05. The van der Waals surface area contributed by atoms with Crippen molar-refractivity contribution in [3.63, 3.8) is 0 Å². The van der Waals surface area contributed by atoms with Crippen molar-refractivity contribution in [1.29, 1.82) is 0 Å². The molecule has 2 fully saturated rings. The van der Waals surface area contributed by atoms with Gasteiger partial charge in [0.15, 0.2) is 0 Å². The van der Waals surface area contributed by atoms with Crippen LogP contribution in [0.5, 0.6) is 5.75 Å². The molecule has 0 radical (unpaired) electrons. The number of phenols is 1. The van der Waals surface area contributed by atoms with Crippen molar-refractivity contribution in [2.24, 2.45) is 0 Å². The van der Waals surface area contributed by atoms with Crippen molar-refractivity contribution in [3.05, 3.63) is 28.8 Å². The summed E-state index contributed by atoms with van der Waals surface area (Å²) in [4.78, 5) is 0. The molecular weight excluding hydrogens is 292 g/mol. The highest BCUT2D eigenvalue weighted by molar-refractivity contribution is 5.51. The van der Waals surface area contributed by atoms with E-state index in [0.29, 0.717) is 5.75 Å². The molecule has 0 unspecified atom stereocenters. The first-order valence-corrected chi connectivity index (χ1v) is 10.4. The maximum atomic E-state index is 11.3. The summed E-state index contributed by atoms with van der Waals surface area (Å²) in [6.07, 6.45) is 15.2. The molecule has 0 amide bonds. The van der Waals surface area contributed by atoms with E-state index in [4.69, 9.17) is 0 Å². The van der Waals surface area contributed by atoms with Crippen LogP contribution in [0.25, 0.3) is 0 Å². The van der Waals surface area contributed by atoms with Crippen LogP contribution < -0.4 is 0 Å². The van der Waals surface area contributed by atoms with Crippen LogP contribution in [-0.4, -0.2) is 5.11 Å². The maximum absolute atomic E-state index is 11.3. The van der Waals surface area contributed by atoms with Gasteiger partial charge >= 0.3 is 0 Å². The minimum absolute atomic E-state index is 0.172. The number of benzene rings is 1. The highest BCUT2D eigenvalue weighted by Gasteiger charge is 2.37. The molecule has 2 aliphatic rings. The van der Waals surface area contributed by atoms with Crippen LogP contribution in [0.1, 0.15) is 108 Å². The van der Waals surface area contributed by atoms with E-state index < -0.39 is 0 Å². The van der Waals surface area contributed by atoms with Gasteiger partial charge < -0.3 is 5.11 Å². The molecule has 24 heavy (non-hydrogen) atoms. The molecule has 0 spiro atoms. The van der Waals surface area contributed by atoms with Gasteiger partial charge in [0.25, 0.3) is 0 Å². The first-order valence-electron chi connectivity index (χ1n) is 10.4. The van der Waals surface area contributed by atoms with Crippen LogP contribution in [0, 0.1) is 0 Å². The molecule has 0 bridgehead atoms. The van der Waals surface area contributed by atoms with Gasteiger partial charge in [0.2, 0.25) is 0 Å². The Hall–Kier alpha value is -0.980. The van der Waals surface area contributed by atoms with Gasteiger partial charge in [-0.05, 0) is 48.5 Å². The molecule has 1 aromatic rings. The van der Waals surface area contributed by atoms with Gasteiger partial charge in [-0.2, -0.15) is 0 Å². The smallest absolute Gasteiger partial charge is 0.123 e. The number of aryl methyl sites for hydroxylation is 1. The van der Waals surface area contributed by atoms with Gasteiger partial charge in [0, 0.05) is 11.1 Å². The lowest BCUT2D eigenvalue weighted by Gasteiger charge is -2.39. The predicted octanol–water partition coefficient (Wildman–Crippen LogP) is 6.79. The van der Waals surface area contributed by atoms with Crippen molar-refractivity contribution in [3.8, 4) is 5.75 Å². The fourth-order valence-electron chi connectivity index (χ4n) is 5.25. The Morgan fingerprint density at radius 3 is 1.58 bits per heavy atom. The van der Waals surface area contributed by atoms with E-state index in [1.165, 1.54) is 87.3 Å². The molecular formula is C23H36O. The molecule has 1 N–H and O–H groups in total. The Kier molecular flexibility index (Phi) is 5.27. The number of aromatic hydroxyl groups is 1. The largest absolute Gasteiger partial charge is 0.507 e. The fraction of sp³-hybridized carbons (Fsp3) is 0.739. The van der Waals surface area contributed by atoms with Gasteiger partial charge in [0.05, 0.1) is 0 Å². The average molecular weight is 329 g/mol. The van der Waals surface area contributed by atoms with Crippen LogP contribution in [0.4, 0.5) is 0 Å². The monoisotopic (exact) mass is 328 g/mol. The van der Waals surface area contributed by atoms with Crippen LogP contribution in [-0.2, 0) is 17.3 Å². The molecule has 2 aliphatic carbocycles. The van der Waals surface area contributed by atoms with E-state index in [-0.39, 0.29) is 10.8 Å². The SMILES string of the molecule is CCCc1cc(C2(C)CCCCC2)c(O)c(C2(C)CCCCC2)c1. The molecule has 1 nitrogen and oxygen atoms in total. The van der Waals surface area contributed by atoms with Crippen molar-refractivity contribution >= 4 is 0 Å². The van der Waals surface area contributed by atoms with Crippen LogP contribution in [0.3, 0.4) is 0 Å². The van der Waals surface area contributed by atoms with Crippen molar-refractivity contribution in [1.82, 2.24) is 0 Å². The van der Waals surface area contributed by atoms with E-state index in [1.54, 1.807) is 0 Å². The minimum atomic E-state index is 0.172. The Labute approximate surface area is 148 Å². The number of hydrogen-bond donors (Lipinski definition) is 1. The topological polar surface area (TPSA) is 20.2 Å². The lowest BCUT2D eigenvalue weighted by Crippen LogP contribution is -2.29. The quantitative estimate of drug-likeness (QED) is 0.645. The van der Waals surface area contributed by atoms with Gasteiger partial charge in [-0.25, -0.2) is 0 Å².